The summed E-state index contributed by atoms with van der Waals surface area (Å²) in [5, 5.41) is 16.1. The van der Waals surface area contributed by atoms with Crippen LogP contribution in [0.15, 0.2) is 47.5 Å². The zero-order valence-electron chi connectivity index (χ0n) is 20.9. The maximum absolute atomic E-state index is 13.9. The molecule has 1 aliphatic heterocycles. The topological polar surface area (TPSA) is 113 Å². The number of H-pyrrole nitrogens is 1. The largest absolute Gasteiger partial charge is 0.480 e. The number of aliphatic carboxylic acids is 1. The SMILES string of the molecule is CC(C)(C)OC[C@@H](C(=O)O)N1C(=O)S/C(=C(/Cc2ccc(Cl)cc2C(F)(F)F)c2ccc3[nH]ncc3c2)C1=O. The number of benzene rings is 2. The molecule has 2 aromatic carbocycles. The molecule has 2 N–H and O–H groups in total. The van der Waals surface area contributed by atoms with Gasteiger partial charge in [-0.05, 0) is 79.9 Å². The average molecular weight is 582 g/mol. The molecule has 13 heteroatoms. The zero-order valence-corrected chi connectivity index (χ0v) is 22.5. The molecular formula is C26H23ClF3N3O5S. The minimum Gasteiger partial charge on any atom is -0.480 e. The summed E-state index contributed by atoms with van der Waals surface area (Å²) in [4.78, 5) is 39.0. The molecule has 2 heterocycles. The number of carboxylic acids is 1. The van der Waals surface area contributed by atoms with Crippen molar-refractivity contribution in [3.8, 4) is 0 Å². The van der Waals surface area contributed by atoms with Gasteiger partial charge in [0, 0.05) is 10.4 Å². The molecule has 1 atom stereocenters. The predicted octanol–water partition coefficient (Wildman–Crippen LogP) is 6.15. The van der Waals surface area contributed by atoms with Crippen LogP contribution in [0.5, 0.6) is 0 Å². The lowest BCUT2D eigenvalue weighted by Crippen LogP contribution is -2.48. The van der Waals surface area contributed by atoms with Gasteiger partial charge in [0.15, 0.2) is 6.04 Å². The van der Waals surface area contributed by atoms with E-state index in [1.165, 1.54) is 18.3 Å². The molecular weight excluding hydrogens is 559 g/mol. The first-order valence-electron chi connectivity index (χ1n) is 11.6. The third kappa shape index (κ3) is 6.29. The van der Waals surface area contributed by atoms with E-state index >= 15 is 0 Å². The molecule has 2 amide bonds. The first kappa shape index (κ1) is 28.7. The second-order valence-corrected chi connectivity index (χ2v) is 11.2. The van der Waals surface area contributed by atoms with Gasteiger partial charge in [0.05, 0.1) is 34.4 Å². The van der Waals surface area contributed by atoms with Crippen molar-refractivity contribution >= 4 is 57.0 Å². The fourth-order valence-electron chi connectivity index (χ4n) is 4.02. The molecule has 1 fully saturated rings. The molecule has 1 aromatic heterocycles. The van der Waals surface area contributed by atoms with E-state index in [4.69, 9.17) is 16.3 Å². The van der Waals surface area contributed by atoms with Crippen LogP contribution in [0.2, 0.25) is 5.02 Å². The van der Waals surface area contributed by atoms with Crippen molar-refractivity contribution in [1.82, 2.24) is 15.1 Å². The van der Waals surface area contributed by atoms with Crippen molar-refractivity contribution in [1.29, 1.82) is 0 Å². The summed E-state index contributed by atoms with van der Waals surface area (Å²) < 4.78 is 47.2. The second kappa shape index (κ2) is 10.7. The number of allylic oxidation sites excluding steroid dienone is 1. The molecule has 4 rings (SSSR count). The van der Waals surface area contributed by atoms with E-state index in [-0.39, 0.29) is 27.5 Å². The number of alkyl halides is 3. The maximum atomic E-state index is 13.9. The number of nitrogens with zero attached hydrogens (tertiary/aromatic N) is 2. The van der Waals surface area contributed by atoms with Gasteiger partial charge in [0.1, 0.15) is 0 Å². The summed E-state index contributed by atoms with van der Waals surface area (Å²) in [6, 6.07) is 6.54. The lowest BCUT2D eigenvalue weighted by Gasteiger charge is -2.26. The standard InChI is InChI=1S/C26H23ClF3N3O5S/c1-25(2,3)38-12-20(23(35)36)33-22(34)21(39-24(33)37)17(13-5-7-19-15(8-13)11-31-32-19)9-14-4-6-16(27)10-18(14)26(28,29)30/h4-8,10-11,20H,9,12H2,1-3H3,(H,31,32)(H,35,36)/b21-17-/t20-/m0/s1. The monoisotopic (exact) mass is 581 g/mol. The summed E-state index contributed by atoms with van der Waals surface area (Å²) in [7, 11) is 0. The predicted molar refractivity (Wildman–Crippen MR) is 140 cm³/mol. The molecule has 0 unspecified atom stereocenters. The van der Waals surface area contributed by atoms with Crippen molar-refractivity contribution in [3.63, 3.8) is 0 Å². The van der Waals surface area contributed by atoms with Crippen LogP contribution in [-0.4, -0.2) is 55.6 Å². The Morgan fingerprint density at radius 2 is 1.90 bits per heavy atom. The number of carbonyl (C=O) groups is 3. The van der Waals surface area contributed by atoms with E-state index in [9.17, 15) is 32.7 Å². The Balaban J connectivity index is 1.85. The Morgan fingerprint density at radius 1 is 1.18 bits per heavy atom. The second-order valence-electron chi connectivity index (χ2n) is 9.78. The fraction of sp³-hybridized carbons (Fsp3) is 0.308. The van der Waals surface area contributed by atoms with Gasteiger partial charge in [0.2, 0.25) is 0 Å². The van der Waals surface area contributed by atoms with Crippen LogP contribution in [0.3, 0.4) is 0 Å². The van der Waals surface area contributed by atoms with Crippen LogP contribution in [0, 0.1) is 0 Å². The smallest absolute Gasteiger partial charge is 0.416 e. The van der Waals surface area contributed by atoms with Gasteiger partial charge in [-0.15, -0.1) is 0 Å². The van der Waals surface area contributed by atoms with E-state index in [1.54, 1.807) is 39.0 Å². The van der Waals surface area contributed by atoms with E-state index in [0.29, 0.717) is 33.1 Å². The molecule has 0 bridgehead atoms. The number of hydrogen-bond acceptors (Lipinski definition) is 6. The Kier molecular flexibility index (Phi) is 7.84. The molecule has 1 aliphatic rings. The number of hydrogen-bond donors (Lipinski definition) is 2. The van der Waals surface area contributed by atoms with Crippen molar-refractivity contribution < 1.29 is 37.4 Å². The number of thioether (sulfide) groups is 1. The summed E-state index contributed by atoms with van der Waals surface area (Å²) in [6.07, 6.45) is -3.62. The Bertz CT molecular complexity index is 1500. The van der Waals surface area contributed by atoms with Gasteiger partial charge in [-0.2, -0.15) is 18.3 Å². The number of ether oxygens (including phenoxy) is 1. The number of nitrogens with one attached hydrogen (secondary N) is 1. The minimum atomic E-state index is -4.74. The summed E-state index contributed by atoms with van der Waals surface area (Å²) in [6.45, 7) is 4.60. The normalized spacial score (nSPS) is 16.7. The number of imide groups is 1. The molecule has 0 radical (unpaired) electrons. The first-order chi connectivity index (χ1) is 18.2. The van der Waals surface area contributed by atoms with Crippen LogP contribution in [-0.2, 0) is 26.9 Å². The molecule has 0 saturated carbocycles. The van der Waals surface area contributed by atoms with Gasteiger partial charge >= 0.3 is 12.1 Å². The number of aromatic amines is 1. The number of rotatable bonds is 7. The molecule has 1 saturated heterocycles. The van der Waals surface area contributed by atoms with E-state index < -0.39 is 47.1 Å². The fourth-order valence-corrected chi connectivity index (χ4v) is 5.17. The van der Waals surface area contributed by atoms with Gasteiger partial charge in [-0.25, -0.2) is 4.79 Å². The molecule has 39 heavy (non-hydrogen) atoms. The van der Waals surface area contributed by atoms with Gasteiger partial charge in [-0.1, -0.05) is 23.7 Å². The Morgan fingerprint density at radius 3 is 2.54 bits per heavy atom. The van der Waals surface area contributed by atoms with Crippen LogP contribution in [0.4, 0.5) is 18.0 Å². The van der Waals surface area contributed by atoms with Crippen molar-refractivity contribution in [2.24, 2.45) is 0 Å². The van der Waals surface area contributed by atoms with E-state index in [2.05, 4.69) is 10.2 Å². The molecule has 8 nitrogen and oxygen atoms in total. The molecule has 206 valence electrons. The Labute approximate surface area is 230 Å². The van der Waals surface area contributed by atoms with Gasteiger partial charge < -0.3 is 9.84 Å². The summed E-state index contributed by atoms with van der Waals surface area (Å²) in [5.74, 6) is -2.39. The van der Waals surface area contributed by atoms with Crippen LogP contribution < -0.4 is 0 Å². The number of amides is 2. The molecule has 3 aromatic rings. The number of halogens is 4. The minimum absolute atomic E-state index is 0.115. The maximum Gasteiger partial charge on any atom is 0.416 e. The average Bonchev–Trinajstić information content (AvgIpc) is 3.41. The lowest BCUT2D eigenvalue weighted by molar-refractivity contribution is -0.150. The highest BCUT2D eigenvalue weighted by Gasteiger charge is 2.45. The van der Waals surface area contributed by atoms with E-state index in [0.717, 1.165) is 6.07 Å². The highest BCUT2D eigenvalue weighted by molar-refractivity contribution is 8.18. The summed E-state index contributed by atoms with van der Waals surface area (Å²) >= 11 is 6.32. The third-order valence-corrected chi connectivity index (χ3v) is 7.11. The van der Waals surface area contributed by atoms with Crippen molar-refractivity contribution in [2.75, 3.05) is 6.61 Å². The lowest BCUT2D eigenvalue weighted by atomic mass is 9.93. The van der Waals surface area contributed by atoms with Crippen LogP contribution in [0.25, 0.3) is 16.5 Å². The first-order valence-corrected chi connectivity index (χ1v) is 12.8. The quantitative estimate of drug-likeness (QED) is 0.322. The Hall–Kier alpha value is -3.35. The van der Waals surface area contributed by atoms with Crippen molar-refractivity contribution in [3.05, 3.63) is 69.2 Å². The van der Waals surface area contributed by atoms with Gasteiger partial charge in [-0.3, -0.25) is 19.6 Å². The zero-order chi connectivity index (χ0) is 28.7. The molecule has 0 aliphatic carbocycles. The van der Waals surface area contributed by atoms with E-state index in [1.807, 2.05) is 0 Å². The van der Waals surface area contributed by atoms with Crippen molar-refractivity contribution in [2.45, 2.75) is 45.0 Å². The number of carbonyl (C=O) groups excluding carboxylic acids is 2. The van der Waals surface area contributed by atoms with Crippen LogP contribution >= 0.6 is 23.4 Å². The highest BCUT2D eigenvalue weighted by Crippen LogP contribution is 2.42. The number of fused-ring (bicyclic) bond motifs is 1. The molecule has 0 spiro atoms. The highest BCUT2D eigenvalue weighted by atomic mass is 35.5. The van der Waals surface area contributed by atoms with Crippen LogP contribution in [0.1, 0.15) is 37.5 Å². The number of aromatic nitrogens is 2. The third-order valence-electron chi connectivity index (χ3n) is 5.88. The number of carboxylic acid groups (broad SMARTS) is 1. The summed E-state index contributed by atoms with van der Waals surface area (Å²) in [5.41, 5.74) is -0.768. The van der Waals surface area contributed by atoms with Gasteiger partial charge in [0.25, 0.3) is 11.1 Å².